The highest BCUT2D eigenvalue weighted by Crippen LogP contribution is 2.60. The van der Waals surface area contributed by atoms with Crippen molar-refractivity contribution in [2.45, 2.75) is 65.8 Å². The zero-order valence-corrected chi connectivity index (χ0v) is 23.7. The molecular weight excluding hydrogens is 634 g/mol. The number of amides is 1. The molecule has 1 N–H and O–H groups in total. The van der Waals surface area contributed by atoms with Gasteiger partial charge in [0, 0.05) is 17.5 Å². The van der Waals surface area contributed by atoms with E-state index in [2.05, 4.69) is 5.32 Å². The summed E-state index contributed by atoms with van der Waals surface area (Å²) in [5, 5.41) is 2.65. The third-order valence-electron chi connectivity index (χ3n) is 8.90. The largest absolute Gasteiger partial charge is 0.435 e. The fourth-order valence-corrected chi connectivity index (χ4v) is 11.1. The number of aryl methyl sites for hydroxylation is 1. The zero-order valence-electron chi connectivity index (χ0n) is 22.1. The SMILES string of the molecule is O=C(NC1CCS(=O)(=O)C1)[C@@H]1CC[C@@]2(S(=O)(=O)c3ccc(F)cc3)c3ccc(C(F)(C(F)(F)F)C(F)(F)F)cc3CC[C@@H]12. The molecule has 1 aliphatic heterocycles. The molecule has 1 heterocycles. The van der Waals surface area contributed by atoms with Gasteiger partial charge in [0.1, 0.15) is 10.6 Å². The maximum absolute atomic E-state index is 14.9. The topological polar surface area (TPSA) is 97.4 Å². The van der Waals surface area contributed by atoms with E-state index in [1.807, 2.05) is 0 Å². The van der Waals surface area contributed by atoms with Gasteiger partial charge in [-0.15, -0.1) is 0 Å². The number of alkyl halides is 7. The highest BCUT2D eigenvalue weighted by atomic mass is 32.2. The van der Waals surface area contributed by atoms with Gasteiger partial charge in [-0.3, -0.25) is 4.79 Å². The van der Waals surface area contributed by atoms with Crippen LogP contribution in [0.4, 0.5) is 35.1 Å². The number of hydrogen-bond donors (Lipinski definition) is 1. The Kier molecular flexibility index (Phi) is 7.47. The van der Waals surface area contributed by atoms with Gasteiger partial charge in [0.25, 0.3) is 0 Å². The minimum atomic E-state index is -6.38. The summed E-state index contributed by atoms with van der Waals surface area (Å²) < 4.78 is 160. The molecule has 16 heteroatoms. The van der Waals surface area contributed by atoms with Crippen molar-refractivity contribution in [3.05, 3.63) is 65.0 Å². The second kappa shape index (κ2) is 10.1. The summed E-state index contributed by atoms with van der Waals surface area (Å²) in [5.41, 5.74) is -7.90. The van der Waals surface area contributed by atoms with Crippen LogP contribution >= 0.6 is 0 Å². The molecule has 0 bridgehead atoms. The van der Waals surface area contributed by atoms with Crippen molar-refractivity contribution in [3.63, 3.8) is 0 Å². The Morgan fingerprint density at radius 1 is 0.907 bits per heavy atom. The average Bonchev–Trinajstić information content (AvgIpc) is 3.47. The molecule has 6 nitrogen and oxygen atoms in total. The molecule has 2 aromatic carbocycles. The Morgan fingerprint density at radius 3 is 2.09 bits per heavy atom. The number of hydrogen-bond acceptors (Lipinski definition) is 5. The maximum atomic E-state index is 14.9. The van der Waals surface area contributed by atoms with Crippen LogP contribution in [0, 0.1) is 17.7 Å². The monoisotopic (exact) mass is 659 g/mol. The van der Waals surface area contributed by atoms with Crippen molar-refractivity contribution in [2.24, 2.45) is 11.8 Å². The first kappa shape index (κ1) is 31.7. The molecule has 236 valence electrons. The van der Waals surface area contributed by atoms with Crippen molar-refractivity contribution in [3.8, 4) is 0 Å². The summed E-state index contributed by atoms with van der Waals surface area (Å²) in [6.07, 6.45) is -13.4. The van der Waals surface area contributed by atoms with Gasteiger partial charge in [0.05, 0.1) is 16.4 Å². The number of nitrogens with one attached hydrogen (secondary N) is 1. The van der Waals surface area contributed by atoms with E-state index in [-0.39, 0.29) is 65.7 Å². The van der Waals surface area contributed by atoms with E-state index in [1.54, 1.807) is 0 Å². The molecule has 0 spiro atoms. The Bertz CT molecular complexity index is 1640. The molecule has 1 amide bonds. The molecule has 0 radical (unpaired) electrons. The number of carbonyl (C=O) groups excluding carboxylic acids is 1. The van der Waals surface area contributed by atoms with E-state index in [9.17, 15) is 56.8 Å². The summed E-state index contributed by atoms with van der Waals surface area (Å²) in [4.78, 5) is 13.0. The predicted octanol–water partition coefficient (Wildman–Crippen LogP) is 5.06. The molecule has 3 aliphatic rings. The van der Waals surface area contributed by atoms with Crippen molar-refractivity contribution >= 4 is 25.6 Å². The van der Waals surface area contributed by atoms with Gasteiger partial charge < -0.3 is 5.32 Å². The van der Waals surface area contributed by atoms with Gasteiger partial charge in [0.2, 0.25) is 5.91 Å². The number of fused-ring (bicyclic) bond motifs is 3. The van der Waals surface area contributed by atoms with Gasteiger partial charge in [-0.25, -0.2) is 25.6 Å². The summed E-state index contributed by atoms with van der Waals surface area (Å²) in [7, 11) is -7.96. The van der Waals surface area contributed by atoms with Crippen LogP contribution in [0.2, 0.25) is 0 Å². The standard InChI is InChI=1S/C27H25F8NO5S2/c28-17-3-5-19(6-4-17)43(40,41)24-11-9-20(23(37)36-18-10-12-42(38,39)14-18)22(24)7-1-15-13-16(2-8-21(15)24)25(29,26(30,31)32)27(33,34)35/h2-6,8,13,18,20,22H,1,7,9-12,14H2,(H,36,37)/t18?,20-,22+,24-/m1/s1. The van der Waals surface area contributed by atoms with Crippen LogP contribution in [0.25, 0.3) is 0 Å². The van der Waals surface area contributed by atoms with Crippen molar-refractivity contribution in [1.82, 2.24) is 5.32 Å². The molecule has 2 fully saturated rings. The molecule has 5 rings (SSSR count). The Labute approximate surface area is 241 Å². The van der Waals surface area contributed by atoms with Gasteiger partial charge in [-0.2, -0.15) is 26.3 Å². The fourth-order valence-electron chi connectivity index (χ4n) is 6.91. The van der Waals surface area contributed by atoms with Crippen molar-refractivity contribution in [1.29, 1.82) is 0 Å². The minimum Gasteiger partial charge on any atom is -0.352 e. The molecule has 1 unspecified atom stereocenters. The summed E-state index contributed by atoms with van der Waals surface area (Å²) in [6.45, 7) is 0. The van der Waals surface area contributed by atoms with Gasteiger partial charge >= 0.3 is 18.0 Å². The normalized spacial score (nSPS) is 27.4. The van der Waals surface area contributed by atoms with Gasteiger partial charge in [-0.05, 0) is 73.4 Å². The number of sulfone groups is 2. The van der Waals surface area contributed by atoms with Crippen LogP contribution < -0.4 is 5.32 Å². The van der Waals surface area contributed by atoms with E-state index in [0.717, 1.165) is 30.3 Å². The van der Waals surface area contributed by atoms with Crippen LogP contribution in [0.5, 0.6) is 0 Å². The number of rotatable bonds is 5. The Balaban J connectivity index is 1.63. The maximum Gasteiger partial charge on any atom is 0.435 e. The lowest BCUT2D eigenvalue weighted by molar-refractivity contribution is -0.348. The van der Waals surface area contributed by atoms with E-state index < -0.39 is 77.6 Å². The van der Waals surface area contributed by atoms with Crippen LogP contribution in [0.1, 0.15) is 42.4 Å². The van der Waals surface area contributed by atoms with Gasteiger partial charge in [0.15, 0.2) is 19.7 Å². The average molecular weight is 660 g/mol. The first-order valence-corrected chi connectivity index (χ1v) is 16.5. The molecule has 1 saturated carbocycles. The predicted molar refractivity (Wildman–Crippen MR) is 136 cm³/mol. The highest BCUT2D eigenvalue weighted by Gasteiger charge is 2.74. The van der Waals surface area contributed by atoms with E-state index in [4.69, 9.17) is 0 Å². The minimum absolute atomic E-state index is 0.0598. The quantitative estimate of drug-likeness (QED) is 0.358. The Hall–Kier alpha value is -2.75. The number of benzene rings is 2. The van der Waals surface area contributed by atoms with E-state index >= 15 is 0 Å². The first-order chi connectivity index (χ1) is 19.7. The second-order valence-electron chi connectivity index (χ2n) is 11.3. The Morgan fingerprint density at radius 2 is 1.53 bits per heavy atom. The molecule has 2 aliphatic carbocycles. The summed E-state index contributed by atoms with van der Waals surface area (Å²) >= 11 is 0. The molecule has 1 saturated heterocycles. The zero-order chi connectivity index (χ0) is 31.8. The smallest absolute Gasteiger partial charge is 0.352 e. The van der Waals surface area contributed by atoms with E-state index in [0.29, 0.717) is 6.07 Å². The van der Waals surface area contributed by atoms with Crippen molar-refractivity contribution < 1.29 is 56.8 Å². The number of carbonyl (C=O) groups is 1. The van der Waals surface area contributed by atoms with Crippen LogP contribution in [0.15, 0.2) is 47.4 Å². The molecule has 43 heavy (non-hydrogen) atoms. The molecule has 4 atom stereocenters. The number of halogens is 8. The summed E-state index contributed by atoms with van der Waals surface area (Å²) in [5.74, 6) is -3.87. The lowest BCUT2D eigenvalue weighted by atomic mass is 9.72. The van der Waals surface area contributed by atoms with Crippen LogP contribution in [-0.4, -0.2) is 52.6 Å². The highest BCUT2D eigenvalue weighted by molar-refractivity contribution is 7.92. The lowest BCUT2D eigenvalue weighted by Crippen LogP contribution is -2.51. The molecule has 2 aromatic rings. The summed E-state index contributed by atoms with van der Waals surface area (Å²) in [6, 6.07) is 4.36. The van der Waals surface area contributed by atoms with Crippen LogP contribution in [-0.2, 0) is 41.3 Å². The third kappa shape index (κ3) is 4.92. The van der Waals surface area contributed by atoms with Crippen molar-refractivity contribution in [2.75, 3.05) is 11.5 Å². The lowest BCUT2D eigenvalue weighted by Gasteiger charge is -2.42. The molecular formula is C27H25F8NO5S2. The molecule has 0 aromatic heterocycles. The second-order valence-corrected chi connectivity index (χ2v) is 15.7. The third-order valence-corrected chi connectivity index (χ3v) is 13.2. The van der Waals surface area contributed by atoms with Gasteiger partial charge in [-0.1, -0.05) is 18.2 Å². The van der Waals surface area contributed by atoms with E-state index in [1.165, 1.54) is 0 Å². The first-order valence-electron chi connectivity index (χ1n) is 13.2. The fraction of sp³-hybridized carbons (Fsp3) is 0.519. The van der Waals surface area contributed by atoms with Crippen LogP contribution in [0.3, 0.4) is 0 Å².